The Kier molecular flexibility index (Phi) is 7.89. The number of aliphatic hydroxyl groups excluding tert-OH is 1. The molecule has 5 rings (SSSR count). The third-order valence-corrected chi connectivity index (χ3v) is 8.00. The number of hydrogen-bond donors (Lipinski definition) is 2. The minimum atomic E-state index is -0.169. The number of nitrogens with zero attached hydrogens (tertiary/aromatic N) is 5. The topological polar surface area (TPSA) is 69.5 Å². The van der Waals surface area contributed by atoms with Gasteiger partial charge in [0.2, 0.25) is 5.95 Å². The zero-order valence-corrected chi connectivity index (χ0v) is 22.2. The minimum Gasteiger partial charge on any atom is -0.393 e. The van der Waals surface area contributed by atoms with Crippen molar-refractivity contribution in [3.63, 3.8) is 0 Å². The molecule has 1 saturated carbocycles. The molecule has 2 aromatic heterocycles. The Bertz CT molecular complexity index is 1130. The summed E-state index contributed by atoms with van der Waals surface area (Å²) in [6.45, 7) is 9.95. The summed E-state index contributed by atoms with van der Waals surface area (Å²) in [7, 11) is 2.20. The number of hydrogen-bond acceptors (Lipinski definition) is 6. The van der Waals surface area contributed by atoms with Crippen molar-refractivity contribution in [2.75, 3.05) is 38.5 Å². The van der Waals surface area contributed by atoms with Gasteiger partial charge in [0.05, 0.1) is 6.10 Å². The summed E-state index contributed by atoms with van der Waals surface area (Å²) in [5.41, 5.74) is 4.76. The van der Waals surface area contributed by atoms with E-state index in [1.807, 2.05) is 6.20 Å². The first-order chi connectivity index (χ1) is 17.5. The van der Waals surface area contributed by atoms with Gasteiger partial charge < -0.3 is 19.9 Å². The maximum atomic E-state index is 10.1. The Hall–Kier alpha value is -2.48. The van der Waals surface area contributed by atoms with Gasteiger partial charge in [-0.2, -0.15) is 4.98 Å². The van der Waals surface area contributed by atoms with Crippen LogP contribution in [0, 0.1) is 0 Å². The van der Waals surface area contributed by atoms with Crippen LogP contribution in [0.1, 0.15) is 64.0 Å². The first-order valence-corrected chi connectivity index (χ1v) is 13.8. The van der Waals surface area contributed by atoms with E-state index in [1.54, 1.807) is 0 Å². The van der Waals surface area contributed by atoms with E-state index in [2.05, 4.69) is 71.0 Å². The van der Waals surface area contributed by atoms with Gasteiger partial charge in [-0.15, -0.1) is 0 Å². The third-order valence-electron chi connectivity index (χ3n) is 8.00. The summed E-state index contributed by atoms with van der Waals surface area (Å²) < 4.78 is 2.35. The van der Waals surface area contributed by atoms with Gasteiger partial charge >= 0.3 is 0 Å². The molecule has 1 saturated heterocycles. The van der Waals surface area contributed by atoms with E-state index in [4.69, 9.17) is 9.97 Å². The van der Waals surface area contributed by atoms with Crippen LogP contribution in [0.2, 0.25) is 0 Å². The van der Waals surface area contributed by atoms with Crippen molar-refractivity contribution in [2.45, 2.75) is 77.1 Å². The molecule has 7 nitrogen and oxygen atoms in total. The predicted molar refractivity (Wildman–Crippen MR) is 147 cm³/mol. The van der Waals surface area contributed by atoms with E-state index in [9.17, 15) is 5.11 Å². The first-order valence-electron chi connectivity index (χ1n) is 13.8. The molecular weight excluding hydrogens is 448 g/mol. The largest absolute Gasteiger partial charge is 0.393 e. The average Bonchev–Trinajstić information content (AvgIpc) is 3.25. The van der Waals surface area contributed by atoms with Crippen LogP contribution >= 0.6 is 0 Å². The van der Waals surface area contributed by atoms with Crippen LogP contribution in [0.4, 0.5) is 5.95 Å². The molecule has 3 heterocycles. The van der Waals surface area contributed by atoms with Crippen molar-refractivity contribution in [1.82, 2.24) is 24.3 Å². The number of fused-ring (bicyclic) bond motifs is 1. The summed E-state index contributed by atoms with van der Waals surface area (Å²) >= 11 is 0. The maximum Gasteiger partial charge on any atom is 0.224 e. The summed E-state index contributed by atoms with van der Waals surface area (Å²) in [4.78, 5) is 14.6. The van der Waals surface area contributed by atoms with Crippen LogP contribution in [0.5, 0.6) is 0 Å². The number of nitrogens with one attached hydrogen (secondary N) is 1. The maximum absolute atomic E-state index is 10.1. The second-order valence-corrected chi connectivity index (χ2v) is 11.0. The fraction of sp³-hybridized carbons (Fsp3) is 0.586. The molecule has 0 bridgehead atoms. The summed E-state index contributed by atoms with van der Waals surface area (Å²) in [6.07, 6.45) is 9.98. The molecule has 1 atom stereocenters. The van der Waals surface area contributed by atoms with Gasteiger partial charge in [-0.05, 0) is 57.2 Å². The van der Waals surface area contributed by atoms with Gasteiger partial charge in [0, 0.05) is 68.2 Å². The van der Waals surface area contributed by atoms with Crippen molar-refractivity contribution >= 4 is 17.0 Å². The van der Waals surface area contributed by atoms with Gasteiger partial charge in [-0.3, -0.25) is 4.90 Å². The number of piperazine rings is 1. The fourth-order valence-electron chi connectivity index (χ4n) is 5.72. The van der Waals surface area contributed by atoms with E-state index in [0.717, 1.165) is 82.3 Å². The summed E-state index contributed by atoms with van der Waals surface area (Å²) in [6, 6.07) is 9.76. The van der Waals surface area contributed by atoms with Crippen molar-refractivity contribution in [3.8, 4) is 11.1 Å². The molecule has 7 heteroatoms. The zero-order valence-electron chi connectivity index (χ0n) is 22.2. The molecule has 2 N–H and O–H groups in total. The van der Waals surface area contributed by atoms with Crippen molar-refractivity contribution in [1.29, 1.82) is 0 Å². The van der Waals surface area contributed by atoms with Crippen LogP contribution in [0.25, 0.3) is 22.2 Å². The van der Waals surface area contributed by atoms with E-state index in [-0.39, 0.29) is 6.10 Å². The highest BCUT2D eigenvalue weighted by Crippen LogP contribution is 2.37. The Morgan fingerprint density at radius 1 is 1.06 bits per heavy atom. The van der Waals surface area contributed by atoms with Crippen molar-refractivity contribution in [3.05, 3.63) is 42.2 Å². The molecule has 1 aliphatic heterocycles. The highest BCUT2D eigenvalue weighted by atomic mass is 16.3. The molecule has 1 aromatic carbocycles. The molecule has 0 radical (unpaired) electrons. The summed E-state index contributed by atoms with van der Waals surface area (Å²) in [5, 5.41) is 14.7. The van der Waals surface area contributed by atoms with Crippen LogP contribution in [0.3, 0.4) is 0 Å². The molecule has 0 unspecified atom stereocenters. The number of aromatic nitrogens is 3. The SMILES string of the molecule is CCC[C@@H](C)Nc1ncc2c(-c3ccc(CN4CCN(C)CC4)cc3)cn([C@H]3CC[C@H](O)CC3)c2n1. The number of benzene rings is 1. The van der Waals surface area contributed by atoms with E-state index in [0.29, 0.717) is 18.0 Å². The molecule has 194 valence electrons. The van der Waals surface area contributed by atoms with Crippen LogP contribution in [-0.4, -0.2) is 74.8 Å². The average molecular weight is 491 g/mol. The van der Waals surface area contributed by atoms with Gasteiger partial charge in [0.1, 0.15) is 5.65 Å². The summed E-state index contributed by atoms with van der Waals surface area (Å²) in [5.74, 6) is 0.702. The molecule has 0 amide bonds. The second-order valence-electron chi connectivity index (χ2n) is 11.0. The fourth-order valence-corrected chi connectivity index (χ4v) is 5.72. The van der Waals surface area contributed by atoms with Crippen LogP contribution in [0.15, 0.2) is 36.7 Å². The lowest BCUT2D eigenvalue weighted by atomic mass is 9.93. The lowest BCUT2D eigenvalue weighted by molar-refractivity contribution is 0.111. The second kappa shape index (κ2) is 11.3. The van der Waals surface area contributed by atoms with Gasteiger partial charge in [-0.1, -0.05) is 37.6 Å². The highest BCUT2D eigenvalue weighted by Gasteiger charge is 2.24. The standard InChI is InChI=1S/C29H42N6O/c1-4-5-21(2)31-29-30-18-26-27(20-35(28(26)32-29)24-10-12-25(36)13-11-24)23-8-6-22(7-9-23)19-34-16-14-33(3)15-17-34/h6-9,18,20-21,24-25,36H,4-5,10-17,19H2,1-3H3,(H,30,31,32)/t21-,24-,25-/m1/s1. The normalized spacial score (nSPS) is 22.7. The van der Waals surface area contributed by atoms with Gasteiger partial charge in [-0.25, -0.2) is 4.98 Å². The van der Waals surface area contributed by atoms with Crippen LogP contribution < -0.4 is 5.32 Å². The Balaban J connectivity index is 1.42. The van der Waals surface area contributed by atoms with Crippen LogP contribution in [-0.2, 0) is 6.54 Å². The third kappa shape index (κ3) is 5.74. The van der Waals surface area contributed by atoms with Gasteiger partial charge in [0.15, 0.2) is 0 Å². The lowest BCUT2D eigenvalue weighted by Gasteiger charge is -2.32. The first kappa shape index (κ1) is 25.2. The van der Waals surface area contributed by atoms with Crippen molar-refractivity contribution < 1.29 is 5.11 Å². The van der Waals surface area contributed by atoms with E-state index < -0.39 is 0 Å². The van der Waals surface area contributed by atoms with Crippen molar-refractivity contribution in [2.24, 2.45) is 0 Å². The number of anilines is 1. The Labute approximate surface area is 215 Å². The molecule has 3 aromatic rings. The quantitative estimate of drug-likeness (QED) is 0.467. The molecule has 2 aliphatic rings. The Morgan fingerprint density at radius 2 is 1.78 bits per heavy atom. The Morgan fingerprint density at radius 3 is 2.47 bits per heavy atom. The number of rotatable bonds is 8. The number of aliphatic hydroxyl groups is 1. The highest BCUT2D eigenvalue weighted by molar-refractivity contribution is 5.94. The van der Waals surface area contributed by atoms with E-state index >= 15 is 0 Å². The molecule has 1 aliphatic carbocycles. The molecular formula is C29H42N6O. The lowest BCUT2D eigenvalue weighted by Crippen LogP contribution is -2.43. The smallest absolute Gasteiger partial charge is 0.224 e. The monoisotopic (exact) mass is 490 g/mol. The molecule has 36 heavy (non-hydrogen) atoms. The molecule has 2 fully saturated rings. The van der Waals surface area contributed by atoms with E-state index in [1.165, 1.54) is 16.7 Å². The number of likely N-dealkylation sites (N-methyl/N-ethyl adjacent to an activating group) is 1. The predicted octanol–water partition coefficient (Wildman–Crippen LogP) is 4.92. The minimum absolute atomic E-state index is 0.169. The zero-order chi connectivity index (χ0) is 25.1. The molecule has 0 spiro atoms. The van der Waals surface area contributed by atoms with Gasteiger partial charge in [0.25, 0.3) is 0 Å².